The van der Waals surface area contributed by atoms with E-state index >= 15 is 0 Å². The number of aromatic nitrogens is 2. The Bertz CT molecular complexity index is 1110. The van der Waals surface area contributed by atoms with Crippen molar-refractivity contribution >= 4 is 17.4 Å². The number of amides is 1. The molecule has 34 heavy (non-hydrogen) atoms. The number of nitrogens with one attached hydrogen (secondary N) is 1. The minimum Gasteiger partial charge on any atom is -0.382 e. The average molecular weight is 480 g/mol. The van der Waals surface area contributed by atoms with Crippen molar-refractivity contribution in [3.8, 4) is 0 Å². The van der Waals surface area contributed by atoms with Gasteiger partial charge in [0, 0.05) is 37.6 Å². The average Bonchev–Trinajstić information content (AvgIpc) is 3.34. The van der Waals surface area contributed by atoms with Crippen LogP contribution >= 0.6 is 0 Å². The Hall–Kier alpha value is -3.21. The zero-order valence-electron chi connectivity index (χ0n) is 19.5. The zero-order valence-corrected chi connectivity index (χ0v) is 19.5. The van der Waals surface area contributed by atoms with Gasteiger partial charge in [0.05, 0.1) is 5.71 Å². The predicted molar refractivity (Wildman–Crippen MR) is 117 cm³/mol. The van der Waals surface area contributed by atoms with Crippen LogP contribution in [0.1, 0.15) is 59.1 Å². The van der Waals surface area contributed by atoms with Gasteiger partial charge in [0.2, 0.25) is 5.91 Å². The molecule has 0 radical (unpaired) electrons. The van der Waals surface area contributed by atoms with Crippen LogP contribution in [-0.2, 0) is 26.7 Å². The van der Waals surface area contributed by atoms with Crippen LogP contribution in [0.15, 0.2) is 29.4 Å². The summed E-state index contributed by atoms with van der Waals surface area (Å²) in [5.74, 6) is -1.14. The third kappa shape index (κ3) is 6.02. The molecule has 2 aromatic rings. The van der Waals surface area contributed by atoms with Crippen molar-refractivity contribution in [1.29, 1.82) is 0 Å². The Morgan fingerprint density at radius 2 is 1.97 bits per heavy atom. The quantitative estimate of drug-likeness (QED) is 0.551. The molecule has 0 bridgehead atoms. The molecule has 1 aliphatic rings. The van der Waals surface area contributed by atoms with Crippen molar-refractivity contribution in [2.75, 3.05) is 13.7 Å². The Balaban J connectivity index is 1.63. The highest BCUT2D eigenvalue weighted by atomic mass is 19.4. The van der Waals surface area contributed by atoms with E-state index in [-0.39, 0.29) is 18.6 Å². The number of nitrogens with zero attached hydrogens (tertiary/aromatic N) is 3. The number of alkyl halides is 3. The van der Waals surface area contributed by atoms with E-state index < -0.39 is 24.2 Å². The molecule has 1 atom stereocenters. The molecule has 184 valence electrons. The molecule has 0 aliphatic carbocycles. The number of aryl methyl sites for hydroxylation is 2. The van der Waals surface area contributed by atoms with Crippen LogP contribution in [0.25, 0.3) is 0 Å². The lowest BCUT2D eigenvalue weighted by Crippen LogP contribution is -2.33. The molecule has 1 aliphatic heterocycles. The number of ketones is 1. The van der Waals surface area contributed by atoms with Crippen molar-refractivity contribution in [3.05, 3.63) is 52.3 Å². The minimum atomic E-state index is -4.49. The van der Waals surface area contributed by atoms with E-state index in [1.807, 2.05) is 19.9 Å². The number of methoxy groups -OCH3 is 1. The summed E-state index contributed by atoms with van der Waals surface area (Å²) >= 11 is 0. The van der Waals surface area contributed by atoms with Gasteiger partial charge in [-0.3, -0.25) is 9.59 Å². The molecule has 1 aromatic heterocycles. The number of Topliss-reactive ketones (excluding diaryl/α,β-unsaturated/α-hetero) is 1. The van der Waals surface area contributed by atoms with Crippen molar-refractivity contribution in [2.45, 2.75) is 58.5 Å². The van der Waals surface area contributed by atoms with Crippen LogP contribution in [-0.4, -0.2) is 47.0 Å². The molecule has 8 nitrogen and oxygen atoms in total. The van der Waals surface area contributed by atoms with Crippen LogP contribution in [0.5, 0.6) is 0 Å². The molecule has 1 N–H and O–H groups in total. The van der Waals surface area contributed by atoms with Gasteiger partial charge >= 0.3 is 6.18 Å². The smallest absolute Gasteiger partial charge is 0.382 e. The Morgan fingerprint density at radius 3 is 2.62 bits per heavy atom. The normalized spacial score (nSPS) is 17.9. The lowest BCUT2D eigenvalue weighted by molar-refractivity contribution is -0.138. The van der Waals surface area contributed by atoms with Gasteiger partial charge in [0.1, 0.15) is 19.0 Å². The standard InChI is InChI=1S/C23H27F3N4O4/c1-14-9-16(5-6-17(14)19(31)7-8-21(32)27-12-23(24,25)26)18-11-22(3,34-29-18)20-10-15(2)30(28-20)13-33-4/h5-6,9-10H,7-8,11-13H2,1-4H3,(H,27,32). The largest absolute Gasteiger partial charge is 0.405 e. The third-order valence-electron chi connectivity index (χ3n) is 5.56. The van der Waals surface area contributed by atoms with Crippen molar-refractivity contribution < 1.29 is 32.3 Å². The SMILES string of the molecule is COCn1nc(C2(C)CC(c3ccc(C(=O)CCC(=O)NCC(F)(F)F)c(C)c3)=NO2)cc1C. The summed E-state index contributed by atoms with van der Waals surface area (Å²) in [6.07, 6.45) is -4.51. The molecule has 1 amide bonds. The lowest BCUT2D eigenvalue weighted by Gasteiger charge is -2.18. The highest BCUT2D eigenvalue weighted by Crippen LogP contribution is 2.36. The van der Waals surface area contributed by atoms with E-state index in [4.69, 9.17) is 9.57 Å². The van der Waals surface area contributed by atoms with Crippen LogP contribution < -0.4 is 5.32 Å². The Kier molecular flexibility index (Phi) is 7.44. The number of halogens is 3. The second-order valence-corrected chi connectivity index (χ2v) is 8.47. The zero-order chi connectivity index (χ0) is 25.1. The summed E-state index contributed by atoms with van der Waals surface area (Å²) in [5, 5.41) is 10.6. The van der Waals surface area contributed by atoms with E-state index in [0.29, 0.717) is 30.0 Å². The van der Waals surface area contributed by atoms with E-state index in [9.17, 15) is 22.8 Å². The molecule has 0 fully saturated rings. The van der Waals surface area contributed by atoms with Gasteiger partial charge in [-0.1, -0.05) is 17.3 Å². The lowest BCUT2D eigenvalue weighted by atomic mass is 9.91. The predicted octanol–water partition coefficient (Wildman–Crippen LogP) is 3.79. The van der Waals surface area contributed by atoms with Crippen molar-refractivity contribution in [1.82, 2.24) is 15.1 Å². The maximum absolute atomic E-state index is 12.5. The monoisotopic (exact) mass is 480 g/mol. The van der Waals surface area contributed by atoms with Crippen molar-refractivity contribution in [2.24, 2.45) is 5.16 Å². The Morgan fingerprint density at radius 1 is 1.24 bits per heavy atom. The van der Waals surface area contributed by atoms with Crippen LogP contribution in [0.4, 0.5) is 13.2 Å². The topological polar surface area (TPSA) is 94.8 Å². The second kappa shape index (κ2) is 9.96. The number of carbonyl (C=O) groups is 2. The van der Waals surface area contributed by atoms with Gasteiger partial charge in [0.15, 0.2) is 11.4 Å². The van der Waals surface area contributed by atoms with Crippen LogP contribution in [0.3, 0.4) is 0 Å². The summed E-state index contributed by atoms with van der Waals surface area (Å²) < 4.78 is 43.4. The van der Waals surface area contributed by atoms with Gasteiger partial charge in [-0.05, 0) is 44.0 Å². The first-order valence-electron chi connectivity index (χ1n) is 10.7. The number of hydrogen-bond donors (Lipinski definition) is 1. The second-order valence-electron chi connectivity index (χ2n) is 8.47. The molecular formula is C23H27F3N4O4. The molecule has 11 heteroatoms. The summed E-state index contributed by atoms with van der Waals surface area (Å²) in [5.41, 5.74) is 3.49. The van der Waals surface area contributed by atoms with Gasteiger partial charge in [0.25, 0.3) is 0 Å². The van der Waals surface area contributed by atoms with Crippen molar-refractivity contribution in [3.63, 3.8) is 0 Å². The van der Waals surface area contributed by atoms with Crippen LogP contribution in [0.2, 0.25) is 0 Å². The first kappa shape index (κ1) is 25.4. The number of benzene rings is 1. The Labute approximate surface area is 195 Å². The molecule has 0 saturated heterocycles. The van der Waals surface area contributed by atoms with E-state index in [2.05, 4.69) is 10.3 Å². The fourth-order valence-corrected chi connectivity index (χ4v) is 3.66. The summed E-state index contributed by atoms with van der Waals surface area (Å²) in [6, 6.07) is 7.11. The van der Waals surface area contributed by atoms with Crippen LogP contribution in [0, 0.1) is 13.8 Å². The number of carbonyl (C=O) groups excluding carboxylic acids is 2. The molecule has 2 heterocycles. The molecule has 1 unspecified atom stereocenters. The fourth-order valence-electron chi connectivity index (χ4n) is 3.66. The maximum atomic E-state index is 12.5. The summed E-state index contributed by atoms with van der Waals surface area (Å²) in [7, 11) is 1.59. The number of ether oxygens (including phenoxy) is 1. The molecular weight excluding hydrogens is 453 g/mol. The van der Waals surface area contributed by atoms with E-state index in [1.54, 1.807) is 42.2 Å². The highest BCUT2D eigenvalue weighted by Gasteiger charge is 2.39. The number of oxime groups is 1. The van der Waals surface area contributed by atoms with Gasteiger partial charge in [-0.2, -0.15) is 18.3 Å². The van der Waals surface area contributed by atoms with Gasteiger partial charge in [-0.25, -0.2) is 4.68 Å². The molecule has 3 rings (SSSR count). The fraction of sp³-hybridized carbons (Fsp3) is 0.478. The van der Waals surface area contributed by atoms with Gasteiger partial charge < -0.3 is 14.9 Å². The highest BCUT2D eigenvalue weighted by molar-refractivity contribution is 6.04. The molecule has 0 saturated carbocycles. The van der Waals surface area contributed by atoms with Gasteiger partial charge in [-0.15, -0.1) is 0 Å². The first-order chi connectivity index (χ1) is 15.9. The number of hydrogen-bond acceptors (Lipinski definition) is 6. The van der Waals surface area contributed by atoms with E-state index in [1.165, 1.54) is 0 Å². The minimum absolute atomic E-state index is 0.185. The third-order valence-corrected chi connectivity index (χ3v) is 5.56. The summed E-state index contributed by atoms with van der Waals surface area (Å²) in [4.78, 5) is 29.8. The summed E-state index contributed by atoms with van der Waals surface area (Å²) in [6.45, 7) is 4.49. The first-order valence-corrected chi connectivity index (χ1v) is 10.7. The number of rotatable bonds is 9. The molecule has 0 spiro atoms. The maximum Gasteiger partial charge on any atom is 0.405 e. The van der Waals surface area contributed by atoms with E-state index in [0.717, 1.165) is 17.0 Å². The molecule has 1 aromatic carbocycles.